The summed E-state index contributed by atoms with van der Waals surface area (Å²) in [6.45, 7) is 41.9. The molecule has 98 heavy (non-hydrogen) atoms. The number of pyridine rings is 1. The highest BCUT2D eigenvalue weighted by molar-refractivity contribution is 7.00. The molecule has 0 saturated carbocycles. The van der Waals surface area contributed by atoms with Gasteiger partial charge in [-0.2, -0.15) is 0 Å². The second kappa shape index (κ2) is 21.6. The highest BCUT2D eigenvalue weighted by Crippen LogP contribution is 2.50. The molecule has 16 rings (SSSR count). The predicted octanol–water partition coefficient (Wildman–Crippen LogP) is 22.2. The number of hydrogen-bond acceptors (Lipinski definition) is 3. The molecule has 0 amide bonds. The summed E-state index contributed by atoms with van der Waals surface area (Å²) in [6, 6.07) is 83.0. The van der Waals surface area contributed by atoms with Crippen molar-refractivity contribution >= 4 is 123 Å². The van der Waals surface area contributed by atoms with Gasteiger partial charge in [-0.05, 0) is 204 Å². The average Bonchev–Trinajstić information content (AvgIpc) is 0.747. The monoisotopic (exact) mass is 1280 g/mol. The fourth-order valence-electron chi connectivity index (χ4n) is 15.8. The van der Waals surface area contributed by atoms with Crippen molar-refractivity contribution in [3.63, 3.8) is 0 Å². The third-order valence-corrected chi connectivity index (χ3v) is 21.5. The molecule has 5 heterocycles. The molecule has 2 aliphatic heterocycles. The zero-order chi connectivity index (χ0) is 68.8. The summed E-state index contributed by atoms with van der Waals surface area (Å²) in [4.78, 5) is 20.2. The van der Waals surface area contributed by atoms with Gasteiger partial charge in [0.1, 0.15) is 0 Å². The molecular formula is C91H90BN5O. The lowest BCUT2D eigenvalue weighted by molar-refractivity contribution is 0.568. The van der Waals surface area contributed by atoms with Crippen molar-refractivity contribution in [2.45, 2.75) is 157 Å². The van der Waals surface area contributed by atoms with Crippen LogP contribution < -0.4 is 31.6 Å². The Morgan fingerprint density at radius 3 is 0.888 bits per heavy atom. The first-order valence-electron chi connectivity index (χ1n) is 35.3. The zero-order valence-electron chi connectivity index (χ0n) is 60.5. The highest BCUT2D eigenvalue weighted by atomic mass is 16.1. The molecule has 0 N–H and O–H groups in total. The van der Waals surface area contributed by atoms with Crippen LogP contribution in [-0.4, -0.2) is 20.4 Å². The summed E-state index contributed by atoms with van der Waals surface area (Å²) in [5.41, 5.74) is 26.7. The molecule has 0 bridgehead atoms. The maximum atomic E-state index is 15.0. The van der Waals surface area contributed by atoms with Crippen molar-refractivity contribution in [3.8, 4) is 17.1 Å². The molecule has 488 valence electrons. The molecule has 6 nitrogen and oxygen atoms in total. The van der Waals surface area contributed by atoms with Crippen LogP contribution in [0.3, 0.4) is 0 Å². The van der Waals surface area contributed by atoms with Crippen molar-refractivity contribution in [1.29, 1.82) is 0 Å². The zero-order valence-corrected chi connectivity index (χ0v) is 60.5. The Morgan fingerprint density at radius 1 is 0.245 bits per heavy atom. The van der Waals surface area contributed by atoms with Crippen molar-refractivity contribution in [2.24, 2.45) is 0 Å². The van der Waals surface area contributed by atoms with Crippen molar-refractivity contribution in [1.82, 2.24) is 13.7 Å². The van der Waals surface area contributed by atoms with Gasteiger partial charge in [-0.15, -0.1) is 0 Å². The van der Waals surface area contributed by atoms with E-state index >= 15 is 0 Å². The standard InChI is InChI=1S/C91H90BN5O/c1-86(2,3)55-35-41-78-70(49-55)71-50-56(87(4,5)6)36-42-79(71)94(78)62-38-40-73-81(52-62)97(64-47-59(90(13,14)15)44-60(48-64)91(16,17)18)83-54-65(95-76-33-25-21-29-68(76)85(98)69-30-22-26-34-77(69)95)53-82-84(83)92(73)72-39-37-61(93-74-31-23-19-27-66(74)67-28-20-24-32-75(67)93)51-80(72)96(82)63-45-57(88(7,8)9)43-58(46-63)89(10,11)12/h19-54H,1-18H3. The largest absolute Gasteiger partial charge is 0.311 e. The van der Waals surface area contributed by atoms with E-state index in [0.717, 1.165) is 73.3 Å². The summed E-state index contributed by atoms with van der Waals surface area (Å²) < 4.78 is 7.38. The fourth-order valence-corrected chi connectivity index (χ4v) is 15.8. The minimum atomic E-state index is -0.238. The SMILES string of the molecule is CC(C)(C)c1cc(N2c3cc(-n4c5ccccc5c5ccccc54)ccc3B3c4ccc(-n5c6ccc(C(C)(C)C)cc6c6cc(C(C)(C)C)ccc65)cc4N(c4cc(C(C)(C)C)cc(C(C)(C)C)c4)c4cc(-n5c6ccccc6c(=O)c6ccccc65)cc2c43)cc(C(C)(C)C)c1. The molecular weight excluding hydrogens is 1190 g/mol. The lowest BCUT2D eigenvalue weighted by atomic mass is 9.33. The van der Waals surface area contributed by atoms with Crippen LogP contribution in [0.5, 0.6) is 0 Å². The van der Waals surface area contributed by atoms with Crippen LogP contribution in [0.2, 0.25) is 0 Å². The van der Waals surface area contributed by atoms with Crippen molar-refractivity contribution in [2.75, 3.05) is 9.80 Å². The van der Waals surface area contributed by atoms with Gasteiger partial charge in [0, 0.05) is 77.8 Å². The van der Waals surface area contributed by atoms with E-state index < -0.39 is 0 Å². The number of benzene rings is 11. The molecule has 0 radical (unpaired) electrons. The predicted molar refractivity (Wildman–Crippen MR) is 422 cm³/mol. The Labute approximate surface area is 578 Å². The van der Waals surface area contributed by atoms with E-state index in [1.165, 1.54) is 82.3 Å². The van der Waals surface area contributed by atoms with Gasteiger partial charge in [-0.1, -0.05) is 222 Å². The minimum absolute atomic E-state index is 0.0276. The molecule has 7 heteroatoms. The Bertz CT molecular complexity index is 5500. The van der Waals surface area contributed by atoms with E-state index in [9.17, 15) is 4.79 Å². The van der Waals surface area contributed by atoms with Crippen molar-refractivity contribution < 1.29 is 0 Å². The van der Waals surface area contributed by atoms with Crippen LogP contribution in [0.15, 0.2) is 223 Å². The Morgan fingerprint density at radius 2 is 0.541 bits per heavy atom. The molecule has 0 aliphatic carbocycles. The molecule has 0 fully saturated rings. The van der Waals surface area contributed by atoms with Crippen LogP contribution in [0.25, 0.3) is 82.5 Å². The Kier molecular flexibility index (Phi) is 13.9. The number of anilines is 6. The topological polar surface area (TPSA) is 38.3 Å². The molecule has 0 spiro atoms. The van der Waals surface area contributed by atoms with Gasteiger partial charge in [0.05, 0.1) is 38.8 Å². The second-order valence-electron chi connectivity index (χ2n) is 34.4. The highest BCUT2D eigenvalue weighted by Gasteiger charge is 2.45. The maximum absolute atomic E-state index is 15.0. The van der Waals surface area contributed by atoms with Crippen LogP contribution in [0.1, 0.15) is 158 Å². The van der Waals surface area contributed by atoms with Crippen LogP contribution >= 0.6 is 0 Å². The molecule has 14 aromatic rings. The first kappa shape index (κ1) is 62.9. The van der Waals surface area contributed by atoms with Gasteiger partial charge in [-0.25, -0.2) is 0 Å². The Balaban J connectivity index is 1.09. The van der Waals surface area contributed by atoms with Gasteiger partial charge in [0.2, 0.25) is 0 Å². The summed E-state index contributed by atoms with van der Waals surface area (Å²) in [5, 5.41) is 6.31. The van der Waals surface area contributed by atoms with E-state index in [1.807, 2.05) is 24.3 Å². The van der Waals surface area contributed by atoms with Gasteiger partial charge in [0.15, 0.2) is 5.43 Å². The summed E-state index contributed by atoms with van der Waals surface area (Å²) in [5.74, 6) is 0. The minimum Gasteiger partial charge on any atom is -0.311 e. The molecule has 3 aromatic heterocycles. The Hall–Kier alpha value is -9.85. The molecule has 2 aliphatic rings. The molecule has 0 saturated heterocycles. The van der Waals surface area contributed by atoms with Gasteiger partial charge >= 0.3 is 0 Å². The first-order valence-corrected chi connectivity index (χ1v) is 35.3. The van der Waals surface area contributed by atoms with Gasteiger partial charge in [-0.3, -0.25) is 4.79 Å². The number of hydrogen-bond donors (Lipinski definition) is 0. The lowest BCUT2D eigenvalue weighted by Crippen LogP contribution is -2.61. The fraction of sp³-hybridized carbons (Fsp3) is 0.264. The maximum Gasteiger partial charge on any atom is 0.252 e. The quantitative estimate of drug-likeness (QED) is 0.127. The molecule has 0 unspecified atom stereocenters. The second-order valence-corrected chi connectivity index (χ2v) is 34.4. The van der Waals surface area contributed by atoms with E-state index in [0.29, 0.717) is 10.8 Å². The lowest BCUT2D eigenvalue weighted by Gasteiger charge is -2.45. The van der Waals surface area contributed by atoms with Gasteiger partial charge < -0.3 is 23.5 Å². The summed E-state index contributed by atoms with van der Waals surface area (Å²) in [7, 11) is 0. The number of para-hydroxylation sites is 4. The van der Waals surface area contributed by atoms with Crippen LogP contribution in [0.4, 0.5) is 34.1 Å². The van der Waals surface area contributed by atoms with E-state index in [-0.39, 0.29) is 44.6 Å². The van der Waals surface area contributed by atoms with Gasteiger partial charge in [0.25, 0.3) is 6.71 Å². The van der Waals surface area contributed by atoms with E-state index in [1.54, 1.807) is 0 Å². The average molecular weight is 1280 g/mol. The molecule has 11 aromatic carbocycles. The summed E-state index contributed by atoms with van der Waals surface area (Å²) >= 11 is 0. The van der Waals surface area contributed by atoms with Crippen molar-refractivity contribution in [3.05, 3.63) is 262 Å². The number of fused-ring (bicyclic) bond motifs is 12. The third-order valence-electron chi connectivity index (χ3n) is 21.5. The number of aromatic nitrogens is 3. The van der Waals surface area contributed by atoms with E-state index in [2.05, 4.69) is 342 Å². The number of rotatable bonds is 5. The summed E-state index contributed by atoms with van der Waals surface area (Å²) in [6.07, 6.45) is 0. The van der Waals surface area contributed by atoms with Crippen LogP contribution in [-0.2, 0) is 32.5 Å². The van der Waals surface area contributed by atoms with Crippen LogP contribution in [0, 0.1) is 0 Å². The first-order chi connectivity index (χ1) is 46.3. The smallest absolute Gasteiger partial charge is 0.252 e. The third kappa shape index (κ3) is 9.98. The van der Waals surface area contributed by atoms with E-state index in [4.69, 9.17) is 0 Å². The molecule has 0 atom stereocenters. The normalized spacial score (nSPS) is 13.8. The number of nitrogens with zero attached hydrogens (tertiary/aromatic N) is 5.